The monoisotopic (exact) mass is 140 g/mol. The topological polar surface area (TPSA) is 20.2 Å². The smallest absolute Gasteiger partial charge is 0.0470 e. The van der Waals surface area contributed by atoms with Gasteiger partial charge in [0.05, 0.1) is 0 Å². The van der Waals surface area contributed by atoms with E-state index in [9.17, 15) is 0 Å². The Balaban J connectivity index is 3.67. The number of aliphatic hydroxyl groups excluding tert-OH is 1. The van der Waals surface area contributed by atoms with Crippen LogP contribution in [0.25, 0.3) is 0 Å². The lowest BCUT2D eigenvalue weighted by atomic mass is 9.94. The van der Waals surface area contributed by atoms with Crippen LogP contribution in [0.1, 0.15) is 27.2 Å². The third kappa shape index (κ3) is 3.53. The van der Waals surface area contributed by atoms with Gasteiger partial charge in [0, 0.05) is 13.0 Å². The van der Waals surface area contributed by atoms with Crippen molar-refractivity contribution in [3.05, 3.63) is 0 Å². The quantitative estimate of drug-likeness (QED) is 0.591. The van der Waals surface area contributed by atoms with E-state index in [2.05, 4.69) is 25.7 Å². The Morgan fingerprint density at radius 1 is 1.40 bits per heavy atom. The third-order valence-corrected chi connectivity index (χ3v) is 1.72. The summed E-state index contributed by atoms with van der Waals surface area (Å²) in [6, 6.07) is 0. The van der Waals surface area contributed by atoms with Crippen molar-refractivity contribution in [2.45, 2.75) is 27.2 Å². The van der Waals surface area contributed by atoms with Crippen LogP contribution in [0.4, 0.5) is 0 Å². The van der Waals surface area contributed by atoms with Gasteiger partial charge in [-0.25, -0.2) is 0 Å². The Morgan fingerprint density at radius 2 is 2.00 bits per heavy atom. The van der Waals surface area contributed by atoms with Crippen LogP contribution in [0, 0.1) is 23.7 Å². The van der Waals surface area contributed by atoms with Crippen molar-refractivity contribution in [3.8, 4) is 11.8 Å². The van der Waals surface area contributed by atoms with E-state index in [4.69, 9.17) is 5.11 Å². The maximum Gasteiger partial charge on any atom is 0.0470 e. The lowest BCUT2D eigenvalue weighted by Gasteiger charge is -2.13. The summed E-state index contributed by atoms with van der Waals surface area (Å²) in [4.78, 5) is 0. The third-order valence-electron chi connectivity index (χ3n) is 1.72. The summed E-state index contributed by atoms with van der Waals surface area (Å²) in [6.07, 6.45) is 0.824. The molecule has 0 bridgehead atoms. The SMILES string of the molecule is CC#CCC(CO)C(C)C. The van der Waals surface area contributed by atoms with Crippen LogP contribution in [0.5, 0.6) is 0 Å². The fourth-order valence-electron chi connectivity index (χ4n) is 0.744. The molecule has 0 rings (SSSR count). The maximum atomic E-state index is 8.86. The largest absolute Gasteiger partial charge is 0.396 e. The Bertz CT molecular complexity index is 127. The van der Waals surface area contributed by atoms with Crippen LogP contribution < -0.4 is 0 Å². The Kier molecular flexibility index (Phi) is 5.06. The maximum absolute atomic E-state index is 8.86. The van der Waals surface area contributed by atoms with Gasteiger partial charge in [-0.2, -0.15) is 0 Å². The molecule has 1 heteroatoms. The van der Waals surface area contributed by atoms with E-state index in [-0.39, 0.29) is 6.61 Å². The highest BCUT2D eigenvalue weighted by molar-refractivity contribution is 4.96. The first-order valence-corrected chi connectivity index (χ1v) is 3.72. The molecule has 0 radical (unpaired) electrons. The Hall–Kier alpha value is -0.480. The van der Waals surface area contributed by atoms with Gasteiger partial charge in [0.2, 0.25) is 0 Å². The minimum Gasteiger partial charge on any atom is -0.396 e. The molecule has 0 amide bonds. The van der Waals surface area contributed by atoms with Crippen LogP contribution in [0.15, 0.2) is 0 Å². The van der Waals surface area contributed by atoms with Crippen LogP contribution in [0.3, 0.4) is 0 Å². The Morgan fingerprint density at radius 3 is 2.30 bits per heavy atom. The number of hydrogen-bond acceptors (Lipinski definition) is 1. The molecule has 1 N–H and O–H groups in total. The highest BCUT2D eigenvalue weighted by Crippen LogP contribution is 2.12. The van der Waals surface area contributed by atoms with Gasteiger partial charge >= 0.3 is 0 Å². The van der Waals surface area contributed by atoms with E-state index in [0.717, 1.165) is 6.42 Å². The molecule has 0 aliphatic rings. The van der Waals surface area contributed by atoms with Crippen LogP contribution in [0.2, 0.25) is 0 Å². The molecule has 0 aliphatic heterocycles. The number of rotatable bonds is 3. The normalized spacial score (nSPS) is 12.5. The zero-order valence-corrected chi connectivity index (χ0v) is 7.02. The minimum atomic E-state index is 0.256. The second-order valence-corrected chi connectivity index (χ2v) is 2.82. The highest BCUT2D eigenvalue weighted by atomic mass is 16.3. The van der Waals surface area contributed by atoms with Crippen LogP contribution in [-0.4, -0.2) is 11.7 Å². The van der Waals surface area contributed by atoms with Crippen molar-refractivity contribution >= 4 is 0 Å². The van der Waals surface area contributed by atoms with Crippen molar-refractivity contribution in [1.29, 1.82) is 0 Å². The van der Waals surface area contributed by atoms with Crippen molar-refractivity contribution in [2.24, 2.45) is 11.8 Å². The summed E-state index contributed by atoms with van der Waals surface area (Å²) in [5.74, 6) is 6.68. The van der Waals surface area contributed by atoms with E-state index < -0.39 is 0 Å². The van der Waals surface area contributed by atoms with Crippen molar-refractivity contribution in [1.82, 2.24) is 0 Å². The molecule has 0 saturated heterocycles. The van der Waals surface area contributed by atoms with E-state index in [1.165, 1.54) is 0 Å². The first-order chi connectivity index (χ1) is 4.72. The first-order valence-electron chi connectivity index (χ1n) is 3.72. The fourth-order valence-corrected chi connectivity index (χ4v) is 0.744. The van der Waals surface area contributed by atoms with Gasteiger partial charge in [0.25, 0.3) is 0 Å². The molecule has 1 nitrogen and oxygen atoms in total. The molecule has 0 aromatic heterocycles. The van der Waals surface area contributed by atoms with Crippen molar-refractivity contribution in [2.75, 3.05) is 6.61 Å². The highest BCUT2D eigenvalue weighted by Gasteiger charge is 2.09. The molecule has 1 atom stereocenters. The van der Waals surface area contributed by atoms with Crippen LogP contribution in [-0.2, 0) is 0 Å². The van der Waals surface area contributed by atoms with E-state index in [1.54, 1.807) is 0 Å². The fraction of sp³-hybridized carbons (Fsp3) is 0.778. The van der Waals surface area contributed by atoms with E-state index in [0.29, 0.717) is 11.8 Å². The molecule has 0 aromatic rings. The molecule has 0 saturated carbocycles. The van der Waals surface area contributed by atoms with Crippen molar-refractivity contribution in [3.63, 3.8) is 0 Å². The molecule has 0 heterocycles. The molecule has 1 unspecified atom stereocenters. The molecular formula is C9H16O. The van der Waals surface area contributed by atoms with E-state index in [1.807, 2.05) is 6.92 Å². The lowest BCUT2D eigenvalue weighted by Crippen LogP contribution is -2.12. The minimum absolute atomic E-state index is 0.256. The summed E-state index contributed by atoms with van der Waals surface area (Å²) >= 11 is 0. The standard InChI is InChI=1S/C9H16O/c1-4-5-6-9(7-10)8(2)3/h8-10H,6-7H2,1-3H3. The second kappa shape index (κ2) is 5.32. The summed E-state index contributed by atoms with van der Waals surface area (Å²) in [7, 11) is 0. The molecule has 10 heavy (non-hydrogen) atoms. The predicted molar refractivity (Wildman–Crippen MR) is 43.5 cm³/mol. The number of aliphatic hydroxyl groups is 1. The molecule has 58 valence electrons. The van der Waals surface area contributed by atoms with Crippen LogP contribution >= 0.6 is 0 Å². The molecule has 0 spiro atoms. The average Bonchev–Trinajstić information content (AvgIpc) is 1.89. The van der Waals surface area contributed by atoms with Crippen molar-refractivity contribution < 1.29 is 5.11 Å². The summed E-state index contributed by atoms with van der Waals surface area (Å²) in [6.45, 7) is 6.30. The number of hydrogen-bond donors (Lipinski definition) is 1. The predicted octanol–water partition coefficient (Wildman–Crippen LogP) is 1.66. The lowest BCUT2D eigenvalue weighted by molar-refractivity contribution is 0.193. The van der Waals surface area contributed by atoms with Gasteiger partial charge < -0.3 is 5.11 Å². The summed E-state index contributed by atoms with van der Waals surface area (Å²) in [5, 5.41) is 8.86. The first kappa shape index (κ1) is 9.52. The molecule has 0 fully saturated rings. The van der Waals surface area contributed by atoms with Gasteiger partial charge in [-0.3, -0.25) is 0 Å². The molecule has 0 aromatic carbocycles. The van der Waals surface area contributed by atoms with Gasteiger partial charge in [-0.05, 0) is 18.8 Å². The average molecular weight is 140 g/mol. The molecular weight excluding hydrogens is 124 g/mol. The summed E-state index contributed by atoms with van der Waals surface area (Å²) in [5.41, 5.74) is 0. The zero-order valence-electron chi connectivity index (χ0n) is 7.02. The second-order valence-electron chi connectivity index (χ2n) is 2.82. The zero-order chi connectivity index (χ0) is 7.98. The van der Waals surface area contributed by atoms with Gasteiger partial charge in [-0.15, -0.1) is 11.8 Å². The van der Waals surface area contributed by atoms with Gasteiger partial charge in [-0.1, -0.05) is 13.8 Å². The summed E-state index contributed by atoms with van der Waals surface area (Å²) < 4.78 is 0. The Labute approximate surface area is 63.5 Å². The van der Waals surface area contributed by atoms with Gasteiger partial charge in [0.15, 0.2) is 0 Å². The van der Waals surface area contributed by atoms with Gasteiger partial charge in [0.1, 0.15) is 0 Å². The van der Waals surface area contributed by atoms with E-state index >= 15 is 0 Å². The molecule has 0 aliphatic carbocycles.